The van der Waals surface area contributed by atoms with Crippen LogP contribution in [0.25, 0.3) is 10.2 Å². The van der Waals surface area contributed by atoms with E-state index in [2.05, 4.69) is 18.9 Å². The average molecular weight is 430 g/mol. The third kappa shape index (κ3) is 4.78. The predicted octanol–water partition coefficient (Wildman–Crippen LogP) is 5.18. The second kappa shape index (κ2) is 9.98. The summed E-state index contributed by atoms with van der Waals surface area (Å²) in [6, 6.07) is 7.92. The minimum Gasteiger partial charge on any atom is -0.490 e. The van der Waals surface area contributed by atoms with Crippen LogP contribution in [0.4, 0.5) is 0 Å². The highest BCUT2D eigenvalue weighted by atomic mass is 32.1. The highest BCUT2D eigenvalue weighted by Gasteiger charge is 2.21. The Morgan fingerprint density at radius 1 is 1.13 bits per heavy atom. The van der Waals surface area contributed by atoms with Gasteiger partial charge in [-0.05, 0) is 50.5 Å². The average Bonchev–Trinajstić information content (AvgIpc) is 3.28. The van der Waals surface area contributed by atoms with E-state index in [1.54, 1.807) is 0 Å². The first-order valence-electron chi connectivity index (χ1n) is 10.6. The second-order valence-corrected chi connectivity index (χ2v) is 8.36. The van der Waals surface area contributed by atoms with Crippen LogP contribution in [0.3, 0.4) is 0 Å². The lowest BCUT2D eigenvalue weighted by Crippen LogP contribution is -2.30. The summed E-state index contributed by atoms with van der Waals surface area (Å²) in [5, 5.41) is 5.49. The normalized spacial score (nSPS) is 11.1. The van der Waals surface area contributed by atoms with Gasteiger partial charge in [-0.25, -0.2) is 0 Å². The fourth-order valence-electron chi connectivity index (χ4n) is 3.46. The molecule has 0 aliphatic rings. The van der Waals surface area contributed by atoms with E-state index in [1.165, 1.54) is 11.3 Å². The summed E-state index contributed by atoms with van der Waals surface area (Å²) in [4.78, 5) is 17.0. The van der Waals surface area contributed by atoms with Crippen LogP contribution in [0.2, 0.25) is 0 Å². The summed E-state index contributed by atoms with van der Waals surface area (Å²) in [6.07, 6.45) is 1.84. The van der Waals surface area contributed by atoms with Crippen LogP contribution in [-0.2, 0) is 13.6 Å². The van der Waals surface area contributed by atoms with E-state index < -0.39 is 0 Å². The molecule has 0 unspecified atom stereocenters. The molecule has 0 saturated carbocycles. The molecule has 0 aliphatic carbocycles. The number of thiophene rings is 1. The number of benzene rings is 1. The summed E-state index contributed by atoms with van der Waals surface area (Å²) < 4.78 is 13.4. The van der Waals surface area contributed by atoms with Gasteiger partial charge < -0.3 is 14.4 Å². The van der Waals surface area contributed by atoms with E-state index in [-0.39, 0.29) is 5.91 Å². The molecule has 0 N–H and O–H groups in total. The monoisotopic (exact) mass is 429 g/mol. The Labute approximate surface area is 182 Å². The molecule has 1 aromatic carbocycles. The number of aryl methyl sites for hydroxylation is 2. The number of carbonyl (C=O) groups excluding carboxylic acids is 1. The van der Waals surface area contributed by atoms with E-state index in [0.717, 1.165) is 50.7 Å². The molecular weight excluding hydrogens is 398 g/mol. The van der Waals surface area contributed by atoms with Crippen LogP contribution in [0.15, 0.2) is 24.3 Å². The molecule has 1 amide bonds. The van der Waals surface area contributed by atoms with Crippen LogP contribution >= 0.6 is 11.3 Å². The molecule has 0 radical (unpaired) electrons. The molecule has 6 nitrogen and oxygen atoms in total. The zero-order chi connectivity index (χ0) is 21.7. The van der Waals surface area contributed by atoms with E-state index in [0.29, 0.717) is 26.3 Å². The van der Waals surface area contributed by atoms with Crippen molar-refractivity contribution in [3.63, 3.8) is 0 Å². The molecule has 0 atom stereocenters. The molecule has 2 heterocycles. The Hall–Kier alpha value is -2.54. The van der Waals surface area contributed by atoms with Gasteiger partial charge in [0, 0.05) is 25.5 Å². The Morgan fingerprint density at radius 3 is 2.60 bits per heavy atom. The van der Waals surface area contributed by atoms with Gasteiger partial charge in [0.15, 0.2) is 11.5 Å². The Balaban J connectivity index is 1.84. The molecule has 3 aromatic rings. The predicted molar refractivity (Wildman–Crippen MR) is 122 cm³/mol. The summed E-state index contributed by atoms with van der Waals surface area (Å²) in [5.74, 6) is 1.54. The number of nitrogens with zero attached hydrogens (tertiary/aromatic N) is 3. The number of carbonyl (C=O) groups is 1. The smallest absolute Gasteiger partial charge is 0.264 e. The summed E-state index contributed by atoms with van der Waals surface area (Å²) in [7, 11) is 1.92. The largest absolute Gasteiger partial charge is 0.490 e. The lowest BCUT2D eigenvalue weighted by molar-refractivity contribution is 0.0748. The number of rotatable bonds is 10. The first-order valence-corrected chi connectivity index (χ1v) is 11.4. The standard InChI is InChI=1S/C23H31N3O3S/c1-6-11-26(22(27)21-14-18-16(4)24-25(5)23(18)30-21)15-17-9-10-19(29-12-7-2)20(13-17)28-8-3/h9-10,13-14H,6-8,11-12,15H2,1-5H3. The van der Waals surface area contributed by atoms with E-state index in [9.17, 15) is 4.79 Å². The van der Waals surface area contributed by atoms with Crippen LogP contribution in [0.1, 0.15) is 54.5 Å². The Bertz CT molecular complexity index is 974. The van der Waals surface area contributed by atoms with Gasteiger partial charge in [-0.15, -0.1) is 11.3 Å². The van der Waals surface area contributed by atoms with Crippen molar-refractivity contribution in [3.05, 3.63) is 40.4 Å². The summed E-state index contributed by atoms with van der Waals surface area (Å²) >= 11 is 1.50. The minimum absolute atomic E-state index is 0.0571. The van der Waals surface area contributed by atoms with Crippen LogP contribution < -0.4 is 9.47 Å². The van der Waals surface area contributed by atoms with E-state index in [1.807, 2.05) is 54.7 Å². The van der Waals surface area contributed by atoms with Crippen molar-refractivity contribution in [2.24, 2.45) is 7.05 Å². The minimum atomic E-state index is 0.0571. The molecule has 0 fully saturated rings. The number of fused-ring (bicyclic) bond motifs is 1. The third-order valence-corrected chi connectivity index (χ3v) is 6.02. The maximum Gasteiger partial charge on any atom is 0.264 e. The molecule has 3 rings (SSSR count). The highest BCUT2D eigenvalue weighted by molar-refractivity contribution is 7.20. The van der Waals surface area contributed by atoms with Gasteiger partial charge in [-0.1, -0.05) is 19.9 Å². The number of aromatic nitrogens is 2. The molecule has 0 aliphatic heterocycles. The van der Waals surface area contributed by atoms with Gasteiger partial charge in [0.1, 0.15) is 4.83 Å². The van der Waals surface area contributed by atoms with Crippen LogP contribution in [-0.4, -0.2) is 40.3 Å². The lowest BCUT2D eigenvalue weighted by Gasteiger charge is -2.22. The molecule has 7 heteroatoms. The molecule has 162 valence electrons. The van der Waals surface area contributed by atoms with Crippen molar-refractivity contribution in [3.8, 4) is 11.5 Å². The Morgan fingerprint density at radius 2 is 1.93 bits per heavy atom. The number of amides is 1. The number of ether oxygens (including phenoxy) is 2. The first kappa shape index (κ1) is 22.2. The molecule has 2 aromatic heterocycles. The van der Waals surface area contributed by atoms with Crippen molar-refractivity contribution in [1.82, 2.24) is 14.7 Å². The molecule has 0 spiro atoms. The Kier molecular flexibility index (Phi) is 7.37. The summed E-state index contributed by atoms with van der Waals surface area (Å²) in [6.45, 7) is 10.6. The lowest BCUT2D eigenvalue weighted by atomic mass is 10.1. The van der Waals surface area contributed by atoms with Gasteiger partial charge in [-0.3, -0.25) is 9.48 Å². The van der Waals surface area contributed by atoms with Crippen LogP contribution in [0.5, 0.6) is 11.5 Å². The molecule has 0 bridgehead atoms. The zero-order valence-corrected chi connectivity index (χ0v) is 19.3. The van der Waals surface area contributed by atoms with Crippen molar-refractivity contribution in [2.45, 2.75) is 47.1 Å². The van der Waals surface area contributed by atoms with Gasteiger partial charge in [0.2, 0.25) is 0 Å². The fourth-order valence-corrected chi connectivity index (χ4v) is 4.55. The molecular formula is C23H31N3O3S. The van der Waals surface area contributed by atoms with Crippen molar-refractivity contribution in [1.29, 1.82) is 0 Å². The van der Waals surface area contributed by atoms with Gasteiger partial charge in [0.05, 0.1) is 23.8 Å². The summed E-state index contributed by atoms with van der Waals surface area (Å²) in [5.41, 5.74) is 1.98. The second-order valence-electron chi connectivity index (χ2n) is 7.33. The first-order chi connectivity index (χ1) is 14.5. The van der Waals surface area contributed by atoms with Crippen molar-refractivity contribution >= 4 is 27.5 Å². The molecule has 0 saturated heterocycles. The molecule has 30 heavy (non-hydrogen) atoms. The van der Waals surface area contributed by atoms with Gasteiger partial charge in [-0.2, -0.15) is 5.10 Å². The van der Waals surface area contributed by atoms with Gasteiger partial charge >= 0.3 is 0 Å². The van der Waals surface area contributed by atoms with Crippen molar-refractivity contribution in [2.75, 3.05) is 19.8 Å². The van der Waals surface area contributed by atoms with E-state index >= 15 is 0 Å². The highest BCUT2D eigenvalue weighted by Crippen LogP contribution is 2.31. The quantitative estimate of drug-likeness (QED) is 0.445. The zero-order valence-electron chi connectivity index (χ0n) is 18.5. The topological polar surface area (TPSA) is 56.6 Å². The van der Waals surface area contributed by atoms with E-state index in [4.69, 9.17) is 9.47 Å². The maximum absolute atomic E-state index is 13.3. The number of hydrogen-bond acceptors (Lipinski definition) is 5. The van der Waals surface area contributed by atoms with Crippen LogP contribution in [0, 0.1) is 6.92 Å². The van der Waals surface area contributed by atoms with Gasteiger partial charge in [0.25, 0.3) is 5.91 Å². The third-order valence-electron chi connectivity index (χ3n) is 4.83. The maximum atomic E-state index is 13.3. The SMILES string of the molecule is CCCOc1ccc(CN(CCC)C(=O)c2cc3c(C)nn(C)c3s2)cc1OCC. The van der Waals surface area contributed by atoms with Crippen molar-refractivity contribution < 1.29 is 14.3 Å². The fraction of sp³-hybridized carbons (Fsp3) is 0.478. The number of hydrogen-bond donors (Lipinski definition) is 0.